The smallest absolute Gasteiger partial charge is 0.167 e. The lowest BCUT2D eigenvalue weighted by atomic mass is 10.1. The predicted molar refractivity (Wildman–Crippen MR) is 86.5 cm³/mol. The zero-order valence-corrected chi connectivity index (χ0v) is 12.8. The highest BCUT2D eigenvalue weighted by Crippen LogP contribution is 2.22. The Labute approximate surface area is 124 Å². The number of pyridine rings is 1. The molecule has 0 aliphatic rings. The molecule has 1 N–H and O–H groups in total. The van der Waals surface area contributed by atoms with Crippen molar-refractivity contribution >= 4 is 22.6 Å². The molecule has 0 fully saturated rings. The van der Waals surface area contributed by atoms with Crippen molar-refractivity contribution in [3.05, 3.63) is 54.9 Å². The minimum atomic E-state index is -0.0389. The molecule has 0 unspecified atom stereocenters. The predicted octanol–water partition coefficient (Wildman–Crippen LogP) is 4.25. The maximum absolute atomic E-state index is 4.65. The summed E-state index contributed by atoms with van der Waals surface area (Å²) in [7, 11) is 0. The van der Waals surface area contributed by atoms with Crippen molar-refractivity contribution < 1.29 is 0 Å². The first-order valence-corrected chi connectivity index (χ1v) is 7.34. The molecule has 0 bridgehead atoms. The number of rotatable bonds is 2. The second-order valence-electron chi connectivity index (χ2n) is 5.42. The molecule has 0 spiro atoms. The van der Waals surface area contributed by atoms with E-state index in [0.717, 1.165) is 15.8 Å². The number of thioether (sulfide) groups is 1. The second-order valence-corrected chi connectivity index (χ2v) is 6.48. The van der Waals surface area contributed by atoms with Crippen LogP contribution in [-0.4, -0.2) is 15.7 Å². The third kappa shape index (κ3) is 5.05. The van der Waals surface area contributed by atoms with Crippen LogP contribution in [0.15, 0.2) is 64.7 Å². The molecule has 1 heterocycles. The van der Waals surface area contributed by atoms with Crippen LogP contribution in [0.3, 0.4) is 0 Å². The monoisotopic (exact) mass is 285 g/mol. The molecular weight excluding hydrogens is 266 g/mol. The number of amidine groups is 1. The molecule has 0 saturated heterocycles. The highest BCUT2D eigenvalue weighted by atomic mass is 32.2. The summed E-state index contributed by atoms with van der Waals surface area (Å²) in [6.07, 6.45) is 3.51. The molecule has 0 aliphatic heterocycles. The van der Waals surface area contributed by atoms with Crippen molar-refractivity contribution in [2.24, 2.45) is 4.99 Å². The number of nitrogens with zero attached hydrogens (tertiary/aromatic N) is 2. The third-order valence-corrected chi connectivity index (χ3v) is 3.21. The number of hydrogen-bond acceptors (Lipinski definition) is 3. The van der Waals surface area contributed by atoms with Crippen LogP contribution in [0.1, 0.15) is 20.8 Å². The van der Waals surface area contributed by atoms with Crippen molar-refractivity contribution in [3.63, 3.8) is 0 Å². The largest absolute Gasteiger partial charge is 0.360 e. The van der Waals surface area contributed by atoms with Gasteiger partial charge in [0.1, 0.15) is 0 Å². The quantitative estimate of drug-likeness (QED) is 0.509. The van der Waals surface area contributed by atoms with Gasteiger partial charge in [0.25, 0.3) is 0 Å². The van der Waals surface area contributed by atoms with E-state index in [-0.39, 0.29) is 5.54 Å². The van der Waals surface area contributed by atoms with Crippen LogP contribution < -0.4 is 5.32 Å². The maximum atomic E-state index is 4.65. The van der Waals surface area contributed by atoms with E-state index in [9.17, 15) is 0 Å². The zero-order valence-electron chi connectivity index (χ0n) is 12.0. The van der Waals surface area contributed by atoms with Gasteiger partial charge < -0.3 is 5.32 Å². The van der Waals surface area contributed by atoms with Gasteiger partial charge in [-0.05, 0) is 45.0 Å². The molecule has 2 rings (SSSR count). The topological polar surface area (TPSA) is 37.3 Å². The third-order valence-electron chi connectivity index (χ3n) is 2.32. The number of aliphatic imine (C=N–C) groups is 1. The Morgan fingerprint density at radius 1 is 1.10 bits per heavy atom. The van der Waals surface area contributed by atoms with Gasteiger partial charge in [0.15, 0.2) is 5.17 Å². The van der Waals surface area contributed by atoms with E-state index in [1.807, 2.05) is 30.3 Å². The van der Waals surface area contributed by atoms with Crippen LogP contribution >= 0.6 is 11.8 Å². The molecule has 1 aromatic carbocycles. The number of aromatic nitrogens is 1. The Kier molecular flexibility index (Phi) is 4.79. The van der Waals surface area contributed by atoms with E-state index >= 15 is 0 Å². The van der Waals surface area contributed by atoms with Crippen LogP contribution in [0.2, 0.25) is 0 Å². The second kappa shape index (κ2) is 6.57. The fourth-order valence-corrected chi connectivity index (χ4v) is 2.56. The van der Waals surface area contributed by atoms with Gasteiger partial charge in [-0.1, -0.05) is 30.0 Å². The van der Waals surface area contributed by atoms with Crippen molar-refractivity contribution in [3.8, 4) is 0 Å². The molecule has 3 nitrogen and oxygen atoms in total. The molecular formula is C16H19N3S. The van der Waals surface area contributed by atoms with Crippen molar-refractivity contribution in [1.82, 2.24) is 10.3 Å². The summed E-state index contributed by atoms with van der Waals surface area (Å²) in [6, 6.07) is 14.1. The van der Waals surface area contributed by atoms with Gasteiger partial charge in [-0.15, -0.1) is 0 Å². The van der Waals surface area contributed by atoms with E-state index in [4.69, 9.17) is 0 Å². The molecule has 0 amide bonds. The number of benzene rings is 1. The number of hydrogen-bond donors (Lipinski definition) is 1. The Morgan fingerprint density at radius 3 is 2.45 bits per heavy atom. The normalized spacial score (nSPS) is 12.2. The van der Waals surface area contributed by atoms with Crippen molar-refractivity contribution in [1.29, 1.82) is 0 Å². The van der Waals surface area contributed by atoms with Gasteiger partial charge in [-0.3, -0.25) is 4.98 Å². The van der Waals surface area contributed by atoms with Crippen LogP contribution in [0.4, 0.5) is 5.69 Å². The lowest BCUT2D eigenvalue weighted by Gasteiger charge is -2.23. The summed E-state index contributed by atoms with van der Waals surface area (Å²) in [5, 5.41) is 4.31. The highest BCUT2D eigenvalue weighted by Gasteiger charge is 2.13. The maximum Gasteiger partial charge on any atom is 0.167 e. The fraction of sp³-hybridized carbons (Fsp3) is 0.250. The molecule has 4 heteroatoms. The SMILES string of the molecule is CC(C)(C)N/C(=N\c1cccnc1)Sc1ccccc1. The van der Waals surface area contributed by atoms with Crippen LogP contribution in [-0.2, 0) is 0 Å². The van der Waals surface area contributed by atoms with E-state index in [1.165, 1.54) is 0 Å². The lowest BCUT2D eigenvalue weighted by molar-refractivity contribution is 0.515. The molecule has 0 saturated carbocycles. The molecule has 104 valence electrons. The summed E-state index contributed by atoms with van der Waals surface area (Å²) in [5.74, 6) is 0. The van der Waals surface area contributed by atoms with Gasteiger partial charge >= 0.3 is 0 Å². The standard InChI is InChI=1S/C16H19N3S/c1-16(2,3)19-15(18-13-8-7-11-17-12-13)20-14-9-5-4-6-10-14/h4-12H,1-3H3,(H,18,19). The Bertz CT molecular complexity index is 559. The van der Waals surface area contributed by atoms with Gasteiger partial charge in [0.05, 0.1) is 11.9 Å². The minimum absolute atomic E-state index is 0.0389. The van der Waals surface area contributed by atoms with Gasteiger partial charge in [0.2, 0.25) is 0 Å². The summed E-state index contributed by atoms with van der Waals surface area (Å²) in [5.41, 5.74) is 0.811. The summed E-state index contributed by atoms with van der Waals surface area (Å²) >= 11 is 1.62. The van der Waals surface area contributed by atoms with E-state index in [0.29, 0.717) is 0 Å². The Morgan fingerprint density at radius 2 is 1.85 bits per heavy atom. The molecule has 1 aromatic heterocycles. The zero-order chi connectivity index (χ0) is 14.4. The summed E-state index contributed by atoms with van der Waals surface area (Å²) in [4.78, 5) is 9.90. The highest BCUT2D eigenvalue weighted by molar-refractivity contribution is 8.13. The van der Waals surface area contributed by atoms with E-state index in [2.05, 4.69) is 48.2 Å². The van der Waals surface area contributed by atoms with Crippen LogP contribution in [0, 0.1) is 0 Å². The van der Waals surface area contributed by atoms with E-state index < -0.39 is 0 Å². The molecule has 0 radical (unpaired) electrons. The summed E-state index contributed by atoms with van der Waals surface area (Å²) < 4.78 is 0. The molecule has 0 aliphatic carbocycles. The van der Waals surface area contributed by atoms with Crippen LogP contribution in [0.5, 0.6) is 0 Å². The Balaban J connectivity index is 2.23. The number of nitrogens with one attached hydrogen (secondary N) is 1. The lowest BCUT2D eigenvalue weighted by Crippen LogP contribution is -2.39. The van der Waals surface area contributed by atoms with Gasteiger partial charge in [-0.2, -0.15) is 0 Å². The average Bonchev–Trinajstić information content (AvgIpc) is 2.39. The molecule has 2 aromatic rings. The minimum Gasteiger partial charge on any atom is -0.360 e. The van der Waals surface area contributed by atoms with E-state index in [1.54, 1.807) is 24.2 Å². The molecule has 20 heavy (non-hydrogen) atoms. The van der Waals surface area contributed by atoms with Crippen molar-refractivity contribution in [2.45, 2.75) is 31.2 Å². The van der Waals surface area contributed by atoms with Crippen LogP contribution in [0.25, 0.3) is 0 Å². The first-order chi connectivity index (χ1) is 9.53. The fourth-order valence-electron chi connectivity index (χ4n) is 1.53. The van der Waals surface area contributed by atoms with Gasteiger partial charge in [-0.25, -0.2) is 4.99 Å². The molecule has 0 atom stereocenters. The van der Waals surface area contributed by atoms with Crippen molar-refractivity contribution in [2.75, 3.05) is 0 Å². The first-order valence-electron chi connectivity index (χ1n) is 6.53. The average molecular weight is 285 g/mol. The van der Waals surface area contributed by atoms with Gasteiger partial charge in [0, 0.05) is 16.6 Å². The first kappa shape index (κ1) is 14.6. The Hall–Kier alpha value is -1.81. The summed E-state index contributed by atoms with van der Waals surface area (Å²) in [6.45, 7) is 6.37.